The summed E-state index contributed by atoms with van der Waals surface area (Å²) < 4.78 is 16.3. The van der Waals surface area contributed by atoms with Crippen molar-refractivity contribution in [2.75, 3.05) is 24.5 Å². The van der Waals surface area contributed by atoms with Crippen LogP contribution in [0.25, 0.3) is 0 Å². The molecule has 2 aliphatic heterocycles. The number of carbonyl (C=O) groups is 1. The zero-order valence-electron chi connectivity index (χ0n) is 13.7. The van der Waals surface area contributed by atoms with Gasteiger partial charge in [-0.25, -0.2) is 0 Å². The Morgan fingerprint density at radius 1 is 1.16 bits per heavy atom. The molecule has 25 heavy (non-hydrogen) atoms. The van der Waals surface area contributed by atoms with Crippen molar-refractivity contribution in [3.05, 3.63) is 48.0 Å². The van der Waals surface area contributed by atoms with E-state index >= 15 is 0 Å². The van der Waals surface area contributed by atoms with E-state index in [0.29, 0.717) is 22.7 Å². The third kappa shape index (κ3) is 3.75. The van der Waals surface area contributed by atoms with Crippen molar-refractivity contribution >= 4 is 23.4 Å². The van der Waals surface area contributed by atoms with Crippen LogP contribution < -0.4 is 14.8 Å². The lowest BCUT2D eigenvalue weighted by atomic mass is 10.2. The molecule has 1 saturated heterocycles. The lowest BCUT2D eigenvalue weighted by Gasteiger charge is -2.12. The average Bonchev–Trinajstić information content (AvgIpc) is 3.31. The fourth-order valence-electron chi connectivity index (χ4n) is 2.91. The molecule has 1 atom stereocenters. The van der Waals surface area contributed by atoms with Gasteiger partial charge in [-0.3, -0.25) is 4.79 Å². The highest BCUT2D eigenvalue weighted by molar-refractivity contribution is 7.99. The smallest absolute Gasteiger partial charge is 0.256 e. The van der Waals surface area contributed by atoms with Crippen molar-refractivity contribution < 1.29 is 19.0 Å². The first-order valence-electron chi connectivity index (χ1n) is 8.34. The number of amides is 1. The molecule has 1 N–H and O–H groups in total. The Morgan fingerprint density at radius 3 is 2.92 bits per heavy atom. The number of carbonyl (C=O) groups excluding carboxylic acids is 1. The number of hydrogen-bond donors (Lipinski definition) is 1. The van der Waals surface area contributed by atoms with Crippen LogP contribution in [0.1, 0.15) is 23.2 Å². The van der Waals surface area contributed by atoms with Gasteiger partial charge in [-0.15, -0.1) is 11.8 Å². The molecule has 2 aromatic rings. The molecule has 0 bridgehead atoms. The second-order valence-electron chi connectivity index (χ2n) is 5.96. The van der Waals surface area contributed by atoms with Crippen LogP contribution in [-0.2, 0) is 4.74 Å². The molecular formula is C19H19NO4S. The number of nitrogens with one attached hydrogen (secondary N) is 1. The number of anilines is 1. The van der Waals surface area contributed by atoms with Crippen molar-refractivity contribution in [3.8, 4) is 11.5 Å². The van der Waals surface area contributed by atoms with Crippen LogP contribution in [-0.4, -0.2) is 31.2 Å². The van der Waals surface area contributed by atoms with E-state index in [9.17, 15) is 4.79 Å². The Labute approximate surface area is 150 Å². The van der Waals surface area contributed by atoms with Gasteiger partial charge in [0.2, 0.25) is 6.79 Å². The van der Waals surface area contributed by atoms with Crippen LogP contribution in [0, 0.1) is 0 Å². The van der Waals surface area contributed by atoms with Gasteiger partial charge in [-0.1, -0.05) is 12.1 Å². The van der Waals surface area contributed by atoms with Crippen molar-refractivity contribution in [1.29, 1.82) is 0 Å². The summed E-state index contributed by atoms with van der Waals surface area (Å²) in [6, 6.07) is 13.1. The van der Waals surface area contributed by atoms with Gasteiger partial charge in [-0.2, -0.15) is 0 Å². The molecule has 0 saturated carbocycles. The van der Waals surface area contributed by atoms with E-state index in [1.807, 2.05) is 30.3 Å². The zero-order valence-corrected chi connectivity index (χ0v) is 14.5. The summed E-state index contributed by atoms with van der Waals surface area (Å²) in [6.45, 7) is 1.06. The highest BCUT2D eigenvalue weighted by atomic mass is 32.2. The fraction of sp³-hybridized carbons (Fsp3) is 0.316. The van der Waals surface area contributed by atoms with Crippen LogP contribution in [0.3, 0.4) is 0 Å². The molecular weight excluding hydrogens is 338 g/mol. The minimum atomic E-state index is -0.130. The minimum absolute atomic E-state index is 0.130. The Hall–Kier alpha value is -2.18. The number of benzene rings is 2. The SMILES string of the molecule is O=C(Nc1ccc2c(c1)OCO2)c1ccccc1SCC1CCCO1. The van der Waals surface area contributed by atoms with Gasteiger partial charge in [0.05, 0.1) is 11.7 Å². The lowest BCUT2D eigenvalue weighted by Crippen LogP contribution is -2.14. The third-order valence-corrected chi connectivity index (χ3v) is 5.42. The summed E-state index contributed by atoms with van der Waals surface area (Å²) in [7, 11) is 0. The minimum Gasteiger partial charge on any atom is -0.454 e. The van der Waals surface area contributed by atoms with Crippen molar-refractivity contribution in [2.45, 2.75) is 23.8 Å². The number of hydrogen-bond acceptors (Lipinski definition) is 5. The predicted molar refractivity (Wildman–Crippen MR) is 96.7 cm³/mol. The normalized spacial score (nSPS) is 18.3. The first kappa shape index (κ1) is 16.3. The van der Waals surface area contributed by atoms with Crippen molar-refractivity contribution in [3.63, 3.8) is 0 Å². The molecule has 6 heteroatoms. The first-order valence-corrected chi connectivity index (χ1v) is 9.32. The van der Waals surface area contributed by atoms with E-state index < -0.39 is 0 Å². The molecule has 2 heterocycles. The maximum absolute atomic E-state index is 12.7. The van der Waals surface area contributed by atoms with Gasteiger partial charge in [0, 0.05) is 29.0 Å². The topological polar surface area (TPSA) is 56.8 Å². The van der Waals surface area contributed by atoms with Crippen LogP contribution in [0.4, 0.5) is 5.69 Å². The monoisotopic (exact) mass is 357 g/mol. The van der Waals surface area contributed by atoms with E-state index in [2.05, 4.69) is 5.32 Å². The number of fused-ring (bicyclic) bond motifs is 1. The van der Waals surface area contributed by atoms with Gasteiger partial charge in [0.25, 0.3) is 5.91 Å². The second-order valence-corrected chi connectivity index (χ2v) is 7.03. The molecule has 2 aromatic carbocycles. The quantitative estimate of drug-likeness (QED) is 0.822. The van der Waals surface area contributed by atoms with E-state index in [-0.39, 0.29) is 18.8 Å². The van der Waals surface area contributed by atoms with Crippen LogP contribution >= 0.6 is 11.8 Å². The summed E-state index contributed by atoms with van der Waals surface area (Å²) in [4.78, 5) is 13.7. The molecule has 0 aliphatic carbocycles. The molecule has 0 radical (unpaired) electrons. The second kappa shape index (κ2) is 7.37. The standard InChI is InChI=1S/C19H19NO4S/c21-19(20-13-7-8-16-17(10-13)24-12-23-16)15-5-1-2-6-18(15)25-11-14-4-3-9-22-14/h1-2,5-8,10,14H,3-4,9,11-12H2,(H,20,21). The van der Waals surface area contributed by atoms with Gasteiger partial charge in [0.1, 0.15) is 0 Å². The Morgan fingerprint density at radius 2 is 2.04 bits per heavy atom. The Bertz CT molecular complexity index is 774. The summed E-state index contributed by atoms with van der Waals surface area (Å²) in [6.07, 6.45) is 2.51. The van der Waals surface area contributed by atoms with Crippen LogP contribution in [0.15, 0.2) is 47.4 Å². The maximum Gasteiger partial charge on any atom is 0.256 e. The van der Waals surface area contributed by atoms with Crippen LogP contribution in [0.2, 0.25) is 0 Å². The van der Waals surface area contributed by atoms with Gasteiger partial charge >= 0.3 is 0 Å². The molecule has 0 aromatic heterocycles. The number of ether oxygens (including phenoxy) is 3. The summed E-state index contributed by atoms with van der Waals surface area (Å²) in [5.74, 6) is 2.09. The fourth-order valence-corrected chi connectivity index (χ4v) is 4.03. The highest BCUT2D eigenvalue weighted by Crippen LogP contribution is 2.34. The van der Waals surface area contributed by atoms with E-state index in [0.717, 1.165) is 30.1 Å². The van der Waals surface area contributed by atoms with E-state index in [1.54, 1.807) is 23.9 Å². The molecule has 1 amide bonds. The lowest BCUT2D eigenvalue weighted by molar-refractivity contribution is 0.102. The van der Waals surface area contributed by atoms with Crippen LogP contribution in [0.5, 0.6) is 11.5 Å². The molecule has 1 unspecified atom stereocenters. The molecule has 0 spiro atoms. The molecule has 5 nitrogen and oxygen atoms in total. The molecule has 4 rings (SSSR count). The summed E-state index contributed by atoms with van der Waals surface area (Å²) in [5.41, 5.74) is 1.36. The largest absolute Gasteiger partial charge is 0.454 e. The average molecular weight is 357 g/mol. The summed E-state index contributed by atoms with van der Waals surface area (Å²) >= 11 is 1.67. The zero-order chi connectivity index (χ0) is 17.1. The predicted octanol–water partition coefficient (Wildman–Crippen LogP) is 3.94. The molecule has 130 valence electrons. The van der Waals surface area contributed by atoms with Crippen molar-refractivity contribution in [1.82, 2.24) is 0 Å². The van der Waals surface area contributed by atoms with Gasteiger partial charge in [0.15, 0.2) is 11.5 Å². The van der Waals surface area contributed by atoms with Gasteiger partial charge < -0.3 is 19.5 Å². The third-order valence-electron chi connectivity index (χ3n) is 4.21. The van der Waals surface area contributed by atoms with Gasteiger partial charge in [-0.05, 0) is 37.1 Å². The maximum atomic E-state index is 12.7. The van der Waals surface area contributed by atoms with Crippen molar-refractivity contribution in [2.24, 2.45) is 0 Å². The van der Waals surface area contributed by atoms with E-state index in [1.165, 1.54) is 0 Å². The first-order chi connectivity index (χ1) is 12.3. The molecule has 2 aliphatic rings. The molecule has 1 fully saturated rings. The highest BCUT2D eigenvalue weighted by Gasteiger charge is 2.19. The van der Waals surface area contributed by atoms with E-state index in [4.69, 9.17) is 14.2 Å². The number of rotatable bonds is 5. The number of thioether (sulfide) groups is 1. The Balaban J connectivity index is 1.46. The summed E-state index contributed by atoms with van der Waals surface area (Å²) in [5, 5.41) is 2.94. The Kier molecular flexibility index (Phi) is 4.81.